The van der Waals surface area contributed by atoms with Crippen LogP contribution in [0.2, 0.25) is 0 Å². The Bertz CT molecular complexity index is 3560. The Morgan fingerprint density at radius 2 is 1.14 bits per heavy atom. The molecule has 448 valence electrons. The number of nitrogens with zero attached hydrogens (tertiary/aromatic N) is 5. The monoisotopic (exact) mass is 1170 g/mol. The second kappa shape index (κ2) is 34.0. The molecule has 4 aromatic carbocycles. The molecule has 0 aliphatic rings. The van der Waals surface area contributed by atoms with E-state index in [0.29, 0.717) is 53.8 Å². The summed E-state index contributed by atoms with van der Waals surface area (Å²) in [5.41, 5.74) is 6.06. The quantitative estimate of drug-likeness (QED) is 0.0310. The summed E-state index contributed by atoms with van der Waals surface area (Å²) in [6.45, 7) is 14.1. The maximum Gasteiger partial charge on any atom is 0.412 e. The maximum absolute atomic E-state index is 11.9. The smallest absolute Gasteiger partial charge is 0.412 e. The number of methoxy groups -OCH3 is 1. The highest BCUT2D eigenvalue weighted by Gasteiger charge is 2.20. The van der Waals surface area contributed by atoms with Gasteiger partial charge in [-0.05, 0) is 130 Å². The first-order chi connectivity index (χ1) is 40.6. The Hall–Kier alpha value is -10.7. The van der Waals surface area contributed by atoms with E-state index < -0.39 is 16.6 Å². The number of benzene rings is 4. The minimum Gasteiger partial charge on any atom is -0.497 e. The van der Waals surface area contributed by atoms with Gasteiger partial charge in [-0.25, -0.2) is 19.7 Å². The molecular formula is C65H69N7O14. The topological polar surface area (TPSA) is 277 Å². The molecule has 0 atom stereocenters. The summed E-state index contributed by atoms with van der Waals surface area (Å²) in [5, 5.41) is 15.8. The first kappa shape index (κ1) is 67.8. The average Bonchev–Trinajstić information content (AvgIpc) is 3.60. The van der Waals surface area contributed by atoms with Crippen LogP contribution in [0, 0.1) is 17.0 Å². The van der Waals surface area contributed by atoms with Crippen molar-refractivity contribution in [3.05, 3.63) is 225 Å². The molecule has 8 aromatic rings. The van der Waals surface area contributed by atoms with Crippen molar-refractivity contribution in [2.24, 2.45) is 0 Å². The minimum absolute atomic E-state index is 0. The molecule has 2 amide bonds. The second-order valence-corrected chi connectivity index (χ2v) is 19.3. The van der Waals surface area contributed by atoms with Gasteiger partial charge in [-0.1, -0.05) is 62.0 Å². The maximum atomic E-state index is 11.9. The molecule has 0 saturated heterocycles. The van der Waals surface area contributed by atoms with Gasteiger partial charge in [-0.3, -0.25) is 44.4 Å². The van der Waals surface area contributed by atoms with Gasteiger partial charge in [-0.2, -0.15) is 0 Å². The fourth-order valence-electron chi connectivity index (χ4n) is 7.24. The number of pyridine rings is 4. The molecule has 4 aromatic heterocycles. The molecule has 0 fully saturated rings. The number of carbonyl (C=O) groups excluding carboxylic acids is 6. The van der Waals surface area contributed by atoms with E-state index >= 15 is 0 Å². The highest BCUT2D eigenvalue weighted by Crippen LogP contribution is 2.26. The zero-order chi connectivity index (χ0) is 61.9. The number of nitro groups is 1. The van der Waals surface area contributed by atoms with E-state index in [1.807, 2.05) is 85.8 Å². The van der Waals surface area contributed by atoms with Crippen molar-refractivity contribution >= 4 is 52.7 Å². The molecule has 4 heterocycles. The van der Waals surface area contributed by atoms with Crippen LogP contribution in [0.1, 0.15) is 126 Å². The number of non-ortho nitro benzene ring substituents is 1. The van der Waals surface area contributed by atoms with Crippen LogP contribution in [-0.2, 0) is 36.0 Å². The SMILES string of the molecule is C.CC(=O)Nc1cccc(COc2cccnc2C(C)=O)c1.CC(=O)c1ccc(C)nc1OCc1ccccc1.CC(=O)c1ncccc1OCc1ccc([N+](=O)[O-])cc1.COc1ccc(COc2cncc(NC(=O)OC(C)(C)C)c2C=O)cc1. The van der Waals surface area contributed by atoms with Crippen molar-refractivity contribution in [2.75, 3.05) is 17.7 Å². The number of carbonyl (C=O) groups is 6. The number of nitro benzene ring substituents is 1. The molecular weight excluding hydrogens is 1100 g/mol. The van der Waals surface area contributed by atoms with E-state index in [2.05, 4.69) is 30.6 Å². The van der Waals surface area contributed by atoms with Crippen LogP contribution in [0.5, 0.6) is 28.9 Å². The van der Waals surface area contributed by atoms with Crippen molar-refractivity contribution in [1.29, 1.82) is 0 Å². The molecule has 0 unspecified atom stereocenters. The predicted molar refractivity (Wildman–Crippen MR) is 324 cm³/mol. The molecule has 0 spiro atoms. The van der Waals surface area contributed by atoms with Crippen molar-refractivity contribution in [3.63, 3.8) is 0 Å². The number of amides is 2. The number of aromatic nitrogens is 4. The van der Waals surface area contributed by atoms with Crippen molar-refractivity contribution < 1.29 is 62.1 Å². The van der Waals surface area contributed by atoms with E-state index in [-0.39, 0.29) is 72.3 Å². The van der Waals surface area contributed by atoms with E-state index in [4.69, 9.17) is 28.4 Å². The molecule has 21 heteroatoms. The van der Waals surface area contributed by atoms with Crippen molar-refractivity contribution in [2.45, 2.75) is 94.8 Å². The van der Waals surface area contributed by atoms with E-state index in [0.717, 1.165) is 33.7 Å². The Kier molecular flexibility index (Phi) is 26.8. The number of ether oxygens (including phenoxy) is 6. The highest BCUT2D eigenvalue weighted by atomic mass is 16.6. The van der Waals surface area contributed by atoms with Gasteiger partial charge in [0.1, 0.15) is 60.7 Å². The van der Waals surface area contributed by atoms with Gasteiger partial charge in [0, 0.05) is 56.7 Å². The van der Waals surface area contributed by atoms with Crippen molar-refractivity contribution in [1.82, 2.24) is 19.9 Å². The number of aldehydes is 1. The first-order valence-corrected chi connectivity index (χ1v) is 26.2. The number of hydrogen-bond acceptors (Lipinski definition) is 18. The lowest BCUT2D eigenvalue weighted by atomic mass is 10.2. The lowest BCUT2D eigenvalue weighted by molar-refractivity contribution is -0.384. The van der Waals surface area contributed by atoms with Crippen LogP contribution in [0.15, 0.2) is 164 Å². The lowest BCUT2D eigenvalue weighted by Crippen LogP contribution is -2.27. The minimum atomic E-state index is -0.672. The zero-order valence-corrected chi connectivity index (χ0v) is 48.4. The van der Waals surface area contributed by atoms with E-state index in [1.54, 1.807) is 82.6 Å². The summed E-state index contributed by atoms with van der Waals surface area (Å²) < 4.78 is 32.8. The summed E-state index contributed by atoms with van der Waals surface area (Å²) in [4.78, 5) is 95.1. The summed E-state index contributed by atoms with van der Waals surface area (Å²) in [6.07, 6.45) is 5.81. The number of anilines is 2. The zero-order valence-electron chi connectivity index (χ0n) is 48.4. The Labute approximate surface area is 499 Å². The molecule has 0 aliphatic heterocycles. The summed E-state index contributed by atoms with van der Waals surface area (Å²) in [5.74, 6) is 1.79. The summed E-state index contributed by atoms with van der Waals surface area (Å²) >= 11 is 0. The Morgan fingerprint density at radius 3 is 1.66 bits per heavy atom. The molecule has 21 nitrogen and oxygen atoms in total. The first-order valence-electron chi connectivity index (χ1n) is 26.2. The molecule has 0 aliphatic carbocycles. The third-order valence-corrected chi connectivity index (χ3v) is 11.2. The number of rotatable bonds is 20. The van der Waals surface area contributed by atoms with E-state index in [1.165, 1.54) is 58.4 Å². The molecule has 8 rings (SSSR count). The normalized spacial score (nSPS) is 10.2. The molecule has 86 heavy (non-hydrogen) atoms. The number of nitrogens with one attached hydrogen (secondary N) is 2. The van der Waals surface area contributed by atoms with Gasteiger partial charge >= 0.3 is 6.09 Å². The van der Waals surface area contributed by atoms with Crippen LogP contribution < -0.4 is 34.3 Å². The molecule has 2 N–H and O–H groups in total. The fourth-order valence-corrected chi connectivity index (χ4v) is 7.24. The standard InChI is InChI=1S/C19H22N2O5.C16H16N2O3.C15H15NO2.C14H12N2O4.CH4/c1-19(2,3)26-18(23)21-16-9-20-10-17(15(16)11-22)25-12-13-5-7-14(24-4)8-6-13;1-11(19)16-15(7-4-8-17-16)21-10-13-5-3-6-14(9-13)18-12(2)20;1-11-8-9-14(12(2)17)15(16-11)18-10-13-6-4-3-5-7-13;1-10(17)14-13(3-2-8-15-14)20-9-11-4-6-12(7-5-11)16(18)19;/h5-11H,12H2,1-4H3,(H,21,23);3-9H,10H2,1-2H3,(H,18,20);3-9H,10H2,1-2H3;2-8H,9H2,1H3;1H4. The largest absolute Gasteiger partial charge is 0.497 e. The van der Waals surface area contributed by atoms with Crippen LogP contribution in [0.4, 0.5) is 21.9 Å². The highest BCUT2D eigenvalue weighted by molar-refractivity contribution is 5.97. The Balaban J connectivity index is 0.000000247. The van der Waals surface area contributed by atoms with Gasteiger partial charge < -0.3 is 33.7 Å². The third-order valence-electron chi connectivity index (χ3n) is 11.2. The van der Waals surface area contributed by atoms with Crippen LogP contribution in [0.25, 0.3) is 0 Å². The van der Waals surface area contributed by atoms with Crippen LogP contribution >= 0.6 is 0 Å². The predicted octanol–water partition coefficient (Wildman–Crippen LogP) is 13.2. The lowest BCUT2D eigenvalue weighted by Gasteiger charge is -2.20. The van der Waals surface area contributed by atoms with Crippen LogP contribution in [-0.4, -0.2) is 73.2 Å². The Morgan fingerprint density at radius 1 is 0.605 bits per heavy atom. The third kappa shape index (κ3) is 22.9. The van der Waals surface area contributed by atoms with Crippen LogP contribution in [0.3, 0.4) is 0 Å². The fraction of sp³-hybridized carbons (Fsp3) is 0.231. The van der Waals surface area contributed by atoms with Gasteiger partial charge in [0.15, 0.2) is 29.4 Å². The van der Waals surface area contributed by atoms with Gasteiger partial charge in [0.2, 0.25) is 11.8 Å². The average molecular weight is 1170 g/mol. The van der Waals surface area contributed by atoms with Gasteiger partial charge in [-0.15, -0.1) is 0 Å². The number of Topliss-reactive ketones (excluding diaryl/α,β-unsaturated/α-hetero) is 3. The summed E-state index contributed by atoms with van der Waals surface area (Å²) in [6, 6.07) is 40.9. The number of ketones is 3. The summed E-state index contributed by atoms with van der Waals surface area (Å²) in [7, 11) is 1.59. The van der Waals surface area contributed by atoms with E-state index in [9.17, 15) is 38.9 Å². The molecule has 0 bridgehead atoms. The van der Waals surface area contributed by atoms with Gasteiger partial charge in [0.25, 0.3) is 5.69 Å². The molecule has 0 saturated carbocycles. The number of hydrogen-bond donors (Lipinski definition) is 2. The molecule has 0 radical (unpaired) electrons. The number of aryl methyl sites for hydroxylation is 1. The van der Waals surface area contributed by atoms with Gasteiger partial charge in [0.05, 0.1) is 41.2 Å². The second-order valence-electron chi connectivity index (χ2n) is 19.3. The van der Waals surface area contributed by atoms with Crippen molar-refractivity contribution in [3.8, 4) is 28.9 Å².